The molecule has 0 bridgehead atoms. The summed E-state index contributed by atoms with van der Waals surface area (Å²) in [5.41, 5.74) is 0.270. The number of halogens is 6. The Morgan fingerprint density at radius 2 is 1.13 bits per heavy atom. The summed E-state index contributed by atoms with van der Waals surface area (Å²) in [6, 6.07) is 22.9. The third-order valence-electron chi connectivity index (χ3n) is 6.59. The number of thiophene rings is 1. The lowest BCUT2D eigenvalue weighted by molar-refractivity contribution is -0.138. The van der Waals surface area contributed by atoms with Crippen LogP contribution in [0.1, 0.15) is 21.7 Å². The molecule has 0 aliphatic carbocycles. The summed E-state index contributed by atoms with van der Waals surface area (Å²) < 4.78 is 79.2. The van der Waals surface area contributed by atoms with Gasteiger partial charge in [-0.1, -0.05) is 47.7 Å². The van der Waals surface area contributed by atoms with Gasteiger partial charge in [-0.05, 0) is 72.4 Å². The number of benzene rings is 2. The third-order valence-corrected chi connectivity index (χ3v) is 9.78. The van der Waals surface area contributed by atoms with E-state index in [1.54, 1.807) is 54.6 Å². The minimum atomic E-state index is -4.50. The number of pyridine rings is 2. The van der Waals surface area contributed by atoms with Crippen LogP contribution in [0.15, 0.2) is 97.1 Å². The number of nitrogens with one attached hydrogen (secondary N) is 2. The van der Waals surface area contributed by atoms with Crippen LogP contribution in [0.4, 0.5) is 26.3 Å². The molecule has 4 aromatic heterocycles. The fraction of sp³-hybridized carbons (Fsp3) is 0.0625. The molecule has 0 aliphatic heterocycles. The van der Waals surface area contributed by atoms with Crippen LogP contribution in [0.3, 0.4) is 0 Å². The summed E-state index contributed by atoms with van der Waals surface area (Å²) in [7, 11) is 0. The van der Waals surface area contributed by atoms with Gasteiger partial charge in [0.25, 0.3) is 0 Å². The molecule has 0 atom stereocenters. The Bertz CT molecular complexity index is 2120. The summed E-state index contributed by atoms with van der Waals surface area (Å²) in [5, 5.41) is 26.6. The fourth-order valence-electron chi connectivity index (χ4n) is 4.35. The van der Waals surface area contributed by atoms with Crippen LogP contribution in [0.25, 0.3) is 43.1 Å². The highest BCUT2D eigenvalue weighted by Crippen LogP contribution is 2.37. The van der Waals surface area contributed by atoms with Gasteiger partial charge in [0.15, 0.2) is 10.0 Å². The van der Waals surface area contributed by atoms with E-state index in [0.717, 1.165) is 36.0 Å². The average molecular weight is 697 g/mol. The second kappa shape index (κ2) is 12.8. The second-order valence-corrected chi connectivity index (χ2v) is 12.9. The monoisotopic (exact) mass is 696 g/mol. The van der Waals surface area contributed by atoms with Crippen molar-refractivity contribution >= 4 is 44.5 Å². The lowest BCUT2D eigenvalue weighted by Gasteiger charge is -2.09. The minimum absolute atomic E-state index is 0.0521. The standard InChI is InChI=1S/C32H18F6N6S3/c33-31(34,35)19-7-1-5-17(15-19)21-9-3-11-23(41-21)27(39)46-28(40)25-13-14-26(45-25)30-44-43-29(47-30)24-12-4-10-22(42-24)18-6-2-8-20(16-18)32(36,37)38/h1-16,39-40H. The molecular formula is C32H18F6N6S3. The molecular weight excluding hydrogens is 679 g/mol. The van der Waals surface area contributed by atoms with E-state index in [-0.39, 0.29) is 27.0 Å². The first kappa shape index (κ1) is 32.2. The zero-order valence-electron chi connectivity index (χ0n) is 23.5. The number of alkyl halides is 6. The molecule has 0 saturated carbocycles. The van der Waals surface area contributed by atoms with E-state index >= 15 is 0 Å². The van der Waals surface area contributed by atoms with Crippen LogP contribution >= 0.6 is 34.4 Å². The van der Waals surface area contributed by atoms with Gasteiger partial charge in [0.2, 0.25) is 0 Å². The van der Waals surface area contributed by atoms with Gasteiger partial charge in [0, 0.05) is 11.1 Å². The molecule has 15 heteroatoms. The SMILES string of the molecule is N=C(SC(=N)c1ccc(-c2nnc(-c3cccc(-c4cccc(C(F)(F)F)c4)n3)s2)s1)c1cccc(-c2cccc(C(F)(F)F)c2)n1. The zero-order chi connectivity index (χ0) is 33.3. The maximum Gasteiger partial charge on any atom is 0.416 e. The molecule has 0 spiro atoms. The van der Waals surface area contributed by atoms with Crippen molar-refractivity contribution in [2.45, 2.75) is 12.4 Å². The third kappa shape index (κ3) is 7.32. The lowest BCUT2D eigenvalue weighted by Crippen LogP contribution is -2.05. The van der Waals surface area contributed by atoms with E-state index in [1.807, 2.05) is 0 Å². The largest absolute Gasteiger partial charge is 0.416 e. The quantitative estimate of drug-likeness (QED) is 0.103. The molecule has 6 nitrogen and oxygen atoms in total. The predicted molar refractivity (Wildman–Crippen MR) is 173 cm³/mol. The van der Waals surface area contributed by atoms with Crippen LogP contribution in [-0.4, -0.2) is 30.3 Å². The molecule has 2 N–H and O–H groups in total. The van der Waals surface area contributed by atoms with Crippen molar-refractivity contribution in [1.29, 1.82) is 10.8 Å². The molecule has 0 radical (unpaired) electrons. The van der Waals surface area contributed by atoms with Gasteiger partial charge in [0.1, 0.15) is 15.8 Å². The maximum atomic E-state index is 13.2. The van der Waals surface area contributed by atoms with Gasteiger partial charge in [-0.15, -0.1) is 21.5 Å². The van der Waals surface area contributed by atoms with Crippen LogP contribution in [0.2, 0.25) is 0 Å². The van der Waals surface area contributed by atoms with Gasteiger partial charge in [-0.3, -0.25) is 10.8 Å². The smallest absolute Gasteiger partial charge is 0.292 e. The number of thioether (sulfide) groups is 1. The van der Waals surface area contributed by atoms with Crippen LogP contribution in [0, 0.1) is 10.8 Å². The summed E-state index contributed by atoms with van der Waals surface area (Å²) >= 11 is 3.34. The van der Waals surface area contributed by atoms with E-state index in [4.69, 9.17) is 10.8 Å². The van der Waals surface area contributed by atoms with Gasteiger partial charge < -0.3 is 0 Å². The molecule has 47 heavy (non-hydrogen) atoms. The Hall–Kier alpha value is -4.73. The van der Waals surface area contributed by atoms with Crippen molar-refractivity contribution in [3.05, 3.63) is 119 Å². The number of aromatic nitrogens is 4. The van der Waals surface area contributed by atoms with Crippen LogP contribution < -0.4 is 0 Å². The predicted octanol–water partition coefficient (Wildman–Crippen LogP) is 10.2. The average Bonchev–Trinajstić information content (AvgIpc) is 3.75. The van der Waals surface area contributed by atoms with E-state index in [2.05, 4.69) is 20.2 Å². The first-order valence-electron chi connectivity index (χ1n) is 13.4. The van der Waals surface area contributed by atoms with Gasteiger partial charge in [0.05, 0.1) is 38.0 Å². The van der Waals surface area contributed by atoms with Crippen molar-refractivity contribution in [1.82, 2.24) is 20.2 Å². The molecule has 0 unspecified atom stereocenters. The fourth-order valence-corrected chi connectivity index (χ4v) is 6.91. The number of hydrogen-bond donors (Lipinski definition) is 2. The molecule has 6 rings (SSSR count). The Balaban J connectivity index is 1.16. The van der Waals surface area contributed by atoms with Crippen molar-refractivity contribution in [3.63, 3.8) is 0 Å². The van der Waals surface area contributed by atoms with Gasteiger partial charge in [-0.2, -0.15) is 26.3 Å². The molecule has 0 aliphatic rings. The van der Waals surface area contributed by atoms with E-state index in [1.165, 1.54) is 40.9 Å². The minimum Gasteiger partial charge on any atom is -0.292 e. The van der Waals surface area contributed by atoms with E-state index in [0.29, 0.717) is 36.7 Å². The lowest BCUT2D eigenvalue weighted by atomic mass is 10.1. The molecule has 0 amide bonds. The van der Waals surface area contributed by atoms with Crippen molar-refractivity contribution < 1.29 is 26.3 Å². The molecule has 0 saturated heterocycles. The van der Waals surface area contributed by atoms with Crippen molar-refractivity contribution in [3.8, 4) is 43.1 Å². The van der Waals surface area contributed by atoms with Crippen LogP contribution in [0.5, 0.6) is 0 Å². The second-order valence-electron chi connectivity index (χ2n) is 9.81. The highest BCUT2D eigenvalue weighted by atomic mass is 32.2. The number of nitrogens with zero attached hydrogens (tertiary/aromatic N) is 4. The summed E-state index contributed by atoms with van der Waals surface area (Å²) in [6.45, 7) is 0. The van der Waals surface area contributed by atoms with Crippen molar-refractivity contribution in [2.75, 3.05) is 0 Å². The number of rotatable bonds is 6. The van der Waals surface area contributed by atoms with E-state index < -0.39 is 23.5 Å². The molecule has 4 heterocycles. The highest BCUT2D eigenvalue weighted by Gasteiger charge is 2.31. The molecule has 0 fully saturated rings. The van der Waals surface area contributed by atoms with E-state index in [9.17, 15) is 26.3 Å². The summed E-state index contributed by atoms with van der Waals surface area (Å²) in [4.78, 5) is 10.1. The normalized spacial score (nSPS) is 11.9. The summed E-state index contributed by atoms with van der Waals surface area (Å²) in [5.74, 6) is 0. The first-order valence-corrected chi connectivity index (χ1v) is 15.9. The van der Waals surface area contributed by atoms with Gasteiger partial charge in [-0.25, -0.2) is 9.97 Å². The summed E-state index contributed by atoms with van der Waals surface area (Å²) in [6.07, 6.45) is -8.98. The zero-order valence-corrected chi connectivity index (χ0v) is 26.0. The Kier molecular flexibility index (Phi) is 8.78. The van der Waals surface area contributed by atoms with Crippen LogP contribution in [-0.2, 0) is 12.4 Å². The first-order chi connectivity index (χ1) is 22.3. The Labute approximate surface area is 275 Å². The number of hydrogen-bond acceptors (Lipinski definition) is 9. The topological polar surface area (TPSA) is 99.3 Å². The molecule has 6 aromatic rings. The molecule has 236 valence electrons. The maximum absolute atomic E-state index is 13.2. The van der Waals surface area contributed by atoms with Gasteiger partial charge >= 0.3 is 12.4 Å². The Morgan fingerprint density at radius 1 is 0.574 bits per heavy atom. The highest BCUT2D eigenvalue weighted by molar-refractivity contribution is 8.27. The van der Waals surface area contributed by atoms with Crippen molar-refractivity contribution in [2.24, 2.45) is 0 Å². The Morgan fingerprint density at radius 3 is 1.77 bits per heavy atom. The molecule has 2 aromatic carbocycles.